The number of anilines is 1. The Hall–Kier alpha value is -4.74. The van der Waals surface area contributed by atoms with Crippen LogP contribution in [0.3, 0.4) is 0 Å². The highest BCUT2D eigenvalue weighted by atomic mass is 19.4. The highest BCUT2D eigenvalue weighted by Crippen LogP contribution is 2.35. The van der Waals surface area contributed by atoms with Crippen LogP contribution in [0.15, 0.2) is 72.9 Å². The molecule has 194 valence electrons. The van der Waals surface area contributed by atoms with Gasteiger partial charge in [-0.1, -0.05) is 42.5 Å². The summed E-state index contributed by atoms with van der Waals surface area (Å²) in [6, 6.07) is 16.9. The molecular weight excluding hydrogens is 511 g/mol. The molecule has 5 rings (SSSR count). The van der Waals surface area contributed by atoms with Crippen molar-refractivity contribution >= 4 is 28.0 Å². The highest BCUT2D eigenvalue weighted by Gasteiger charge is 2.36. The van der Waals surface area contributed by atoms with Crippen molar-refractivity contribution in [2.24, 2.45) is 0 Å². The van der Waals surface area contributed by atoms with Crippen molar-refractivity contribution in [2.75, 3.05) is 12.4 Å². The molecule has 0 aliphatic carbocycles. The van der Waals surface area contributed by atoms with Crippen LogP contribution in [0, 0.1) is 0 Å². The predicted molar refractivity (Wildman–Crippen MR) is 129 cm³/mol. The molecule has 0 aliphatic rings. The molecule has 2 heterocycles. The van der Waals surface area contributed by atoms with E-state index in [-0.39, 0.29) is 34.1 Å². The van der Waals surface area contributed by atoms with Crippen LogP contribution >= 0.6 is 0 Å². The van der Waals surface area contributed by atoms with Crippen LogP contribution in [0.4, 0.5) is 27.6 Å². The standard InChI is InChI=1S/C26H17F5N4O3/c1-37-21-11-15(9-10-20(21)38-25(27)28)33-24(36)18-13-32-35-22(26(29,30)31)12-19(34-23(18)35)17-8-4-6-14-5-2-3-7-16(14)17/h2-13,25H,1H3,(H,33,36). The maximum Gasteiger partial charge on any atom is 0.433 e. The number of carbonyl (C=O) groups is 1. The van der Waals surface area contributed by atoms with E-state index in [0.29, 0.717) is 15.5 Å². The number of halogens is 5. The fourth-order valence-corrected chi connectivity index (χ4v) is 4.05. The molecule has 1 amide bonds. The quantitative estimate of drug-likeness (QED) is 0.257. The van der Waals surface area contributed by atoms with Gasteiger partial charge in [-0.25, -0.2) is 9.50 Å². The number of rotatable bonds is 6. The number of alkyl halides is 5. The van der Waals surface area contributed by atoms with E-state index in [4.69, 9.17) is 4.74 Å². The zero-order valence-corrected chi connectivity index (χ0v) is 19.5. The first-order valence-electron chi connectivity index (χ1n) is 11.0. The number of benzene rings is 3. The monoisotopic (exact) mass is 528 g/mol. The molecule has 1 N–H and O–H groups in total. The molecule has 0 bridgehead atoms. The smallest absolute Gasteiger partial charge is 0.433 e. The van der Waals surface area contributed by atoms with E-state index in [1.165, 1.54) is 19.2 Å². The first kappa shape index (κ1) is 24.9. The third-order valence-corrected chi connectivity index (χ3v) is 5.71. The van der Waals surface area contributed by atoms with Gasteiger partial charge in [-0.05, 0) is 29.0 Å². The number of aromatic nitrogens is 3. The van der Waals surface area contributed by atoms with Crippen molar-refractivity contribution < 1.29 is 36.2 Å². The summed E-state index contributed by atoms with van der Waals surface area (Å²) in [4.78, 5) is 17.5. The number of methoxy groups -OCH3 is 1. The second-order valence-electron chi connectivity index (χ2n) is 8.04. The van der Waals surface area contributed by atoms with Gasteiger partial charge in [-0.3, -0.25) is 4.79 Å². The minimum Gasteiger partial charge on any atom is -0.493 e. The molecular formula is C26H17F5N4O3. The van der Waals surface area contributed by atoms with Gasteiger partial charge in [0.15, 0.2) is 22.8 Å². The molecule has 2 aromatic heterocycles. The molecule has 0 radical (unpaired) electrons. The summed E-state index contributed by atoms with van der Waals surface area (Å²) >= 11 is 0. The zero-order chi connectivity index (χ0) is 27.0. The average Bonchev–Trinajstić information content (AvgIpc) is 3.32. The third-order valence-electron chi connectivity index (χ3n) is 5.71. The van der Waals surface area contributed by atoms with Gasteiger partial charge < -0.3 is 14.8 Å². The third kappa shape index (κ3) is 4.67. The van der Waals surface area contributed by atoms with Crippen LogP contribution in [-0.2, 0) is 6.18 Å². The van der Waals surface area contributed by atoms with Crippen molar-refractivity contribution in [1.82, 2.24) is 14.6 Å². The maximum atomic E-state index is 14.0. The van der Waals surface area contributed by atoms with Gasteiger partial charge in [0.05, 0.1) is 19.0 Å². The van der Waals surface area contributed by atoms with E-state index in [2.05, 4.69) is 20.1 Å². The van der Waals surface area contributed by atoms with Crippen LogP contribution in [0.5, 0.6) is 11.5 Å². The van der Waals surface area contributed by atoms with Crippen LogP contribution in [0.2, 0.25) is 0 Å². The number of hydrogen-bond acceptors (Lipinski definition) is 5. The van der Waals surface area contributed by atoms with Crippen molar-refractivity contribution in [2.45, 2.75) is 12.8 Å². The van der Waals surface area contributed by atoms with E-state index in [1.54, 1.807) is 24.3 Å². The van der Waals surface area contributed by atoms with Crippen LogP contribution in [0.1, 0.15) is 16.1 Å². The molecule has 0 aliphatic heterocycles. The van der Waals surface area contributed by atoms with Crippen molar-refractivity contribution in [3.63, 3.8) is 0 Å². The Morgan fingerprint density at radius 3 is 2.50 bits per heavy atom. The number of fused-ring (bicyclic) bond motifs is 2. The number of hydrogen-bond donors (Lipinski definition) is 1. The molecule has 0 unspecified atom stereocenters. The van der Waals surface area contributed by atoms with E-state index >= 15 is 0 Å². The lowest BCUT2D eigenvalue weighted by molar-refractivity contribution is -0.142. The molecule has 0 atom stereocenters. The van der Waals surface area contributed by atoms with E-state index in [1.807, 2.05) is 18.2 Å². The van der Waals surface area contributed by atoms with E-state index in [0.717, 1.165) is 23.7 Å². The Labute approximate surface area is 211 Å². The second-order valence-corrected chi connectivity index (χ2v) is 8.04. The Bertz CT molecular complexity index is 1660. The molecule has 38 heavy (non-hydrogen) atoms. The van der Waals surface area contributed by atoms with Crippen molar-refractivity contribution in [3.8, 4) is 22.8 Å². The molecule has 0 saturated carbocycles. The summed E-state index contributed by atoms with van der Waals surface area (Å²) in [5.74, 6) is -1.16. The predicted octanol–water partition coefficient (Wildman–Crippen LogP) is 6.43. The van der Waals surface area contributed by atoms with Crippen molar-refractivity contribution in [3.05, 3.63) is 84.2 Å². The fraction of sp³-hybridized carbons (Fsp3) is 0.115. The Morgan fingerprint density at radius 2 is 1.76 bits per heavy atom. The summed E-state index contributed by atoms with van der Waals surface area (Å²) in [7, 11) is 1.22. The fourth-order valence-electron chi connectivity index (χ4n) is 4.05. The Kier molecular flexibility index (Phi) is 6.31. The lowest BCUT2D eigenvalue weighted by Gasteiger charge is -2.13. The maximum absolute atomic E-state index is 14.0. The summed E-state index contributed by atoms with van der Waals surface area (Å²) in [5.41, 5.74) is -1.09. The zero-order valence-electron chi connectivity index (χ0n) is 19.5. The van der Waals surface area contributed by atoms with Gasteiger partial charge in [0, 0.05) is 17.3 Å². The minimum atomic E-state index is -4.80. The lowest BCUT2D eigenvalue weighted by Crippen LogP contribution is -2.16. The summed E-state index contributed by atoms with van der Waals surface area (Å²) in [5, 5.41) is 7.76. The molecule has 0 spiro atoms. The highest BCUT2D eigenvalue weighted by molar-refractivity contribution is 6.08. The number of nitrogens with zero attached hydrogens (tertiary/aromatic N) is 3. The van der Waals surface area contributed by atoms with Crippen molar-refractivity contribution in [1.29, 1.82) is 0 Å². The molecule has 0 fully saturated rings. The summed E-state index contributed by atoms with van der Waals surface area (Å²) in [6.07, 6.45) is -3.82. The van der Waals surface area contributed by atoms with Gasteiger partial charge in [0.2, 0.25) is 0 Å². The number of amides is 1. The molecule has 7 nitrogen and oxygen atoms in total. The first-order valence-corrected chi connectivity index (χ1v) is 11.0. The second kappa shape index (κ2) is 9.61. The number of carbonyl (C=O) groups excluding carboxylic acids is 1. The lowest BCUT2D eigenvalue weighted by atomic mass is 10.0. The largest absolute Gasteiger partial charge is 0.493 e. The first-order chi connectivity index (χ1) is 18.2. The Morgan fingerprint density at radius 1 is 1.00 bits per heavy atom. The van der Waals surface area contributed by atoms with Crippen LogP contribution in [0.25, 0.3) is 27.7 Å². The van der Waals surface area contributed by atoms with Gasteiger partial charge in [0.25, 0.3) is 5.91 Å². The van der Waals surface area contributed by atoms with Crippen LogP contribution in [-0.4, -0.2) is 34.2 Å². The molecule has 5 aromatic rings. The normalized spacial score (nSPS) is 11.8. The van der Waals surface area contributed by atoms with Gasteiger partial charge in [0.1, 0.15) is 5.56 Å². The number of ether oxygens (including phenoxy) is 2. The van der Waals surface area contributed by atoms with Crippen LogP contribution < -0.4 is 14.8 Å². The SMILES string of the molecule is COc1cc(NC(=O)c2cnn3c(C(F)(F)F)cc(-c4cccc5ccccc45)nc23)ccc1OC(F)F. The minimum absolute atomic E-state index is 0.00587. The topological polar surface area (TPSA) is 77.8 Å². The van der Waals surface area contributed by atoms with Gasteiger partial charge >= 0.3 is 12.8 Å². The van der Waals surface area contributed by atoms with Gasteiger partial charge in [-0.15, -0.1) is 0 Å². The molecule has 12 heteroatoms. The Balaban J connectivity index is 1.59. The summed E-state index contributed by atoms with van der Waals surface area (Å²) < 4.78 is 77.2. The number of nitrogens with one attached hydrogen (secondary N) is 1. The van der Waals surface area contributed by atoms with E-state index < -0.39 is 24.4 Å². The molecule has 0 saturated heterocycles. The van der Waals surface area contributed by atoms with E-state index in [9.17, 15) is 26.7 Å². The average molecular weight is 528 g/mol. The molecule has 3 aromatic carbocycles. The summed E-state index contributed by atoms with van der Waals surface area (Å²) in [6.45, 7) is -3.09. The van der Waals surface area contributed by atoms with Gasteiger partial charge in [-0.2, -0.15) is 27.1 Å².